The first-order chi connectivity index (χ1) is 12.2. The minimum atomic E-state index is -3.58. The molecule has 0 spiro atoms. The highest BCUT2D eigenvalue weighted by atomic mass is 35.5. The van der Waals surface area contributed by atoms with Crippen molar-refractivity contribution in [3.05, 3.63) is 64.7 Å². The Kier molecular flexibility index (Phi) is 6.63. The first kappa shape index (κ1) is 20.2. The number of nitrogens with zero attached hydrogens (tertiary/aromatic N) is 1. The predicted octanol–water partition coefficient (Wildman–Crippen LogP) is 3.31. The van der Waals surface area contributed by atoms with Crippen LogP contribution in [0, 0.1) is 0 Å². The fraction of sp³-hybridized carbons (Fsp3) is 0.278. The number of amides is 1. The largest absolute Gasteiger partial charge is 0.383 e. The lowest BCUT2D eigenvalue weighted by Gasteiger charge is -2.28. The van der Waals surface area contributed by atoms with Crippen LogP contribution in [0.3, 0.4) is 0 Å². The van der Waals surface area contributed by atoms with Crippen LogP contribution in [0.25, 0.3) is 0 Å². The smallest absolute Gasteiger partial charge is 0.306 e. The lowest BCUT2D eigenvalue weighted by molar-refractivity contribution is -0.0133. The van der Waals surface area contributed by atoms with Gasteiger partial charge in [-0.05, 0) is 48.9 Å². The molecular formula is C18H20ClNO5S. The number of halogens is 1. The van der Waals surface area contributed by atoms with Gasteiger partial charge in [0.05, 0.1) is 6.26 Å². The first-order valence-electron chi connectivity index (χ1n) is 7.77. The number of methoxy groups -OCH3 is 1. The van der Waals surface area contributed by atoms with Gasteiger partial charge in [0.1, 0.15) is 12.0 Å². The van der Waals surface area contributed by atoms with E-state index >= 15 is 0 Å². The summed E-state index contributed by atoms with van der Waals surface area (Å²) in [6, 6.07) is 13.1. The highest BCUT2D eigenvalue weighted by molar-refractivity contribution is 7.86. The molecule has 0 aliphatic rings. The van der Waals surface area contributed by atoms with Crippen molar-refractivity contribution in [3.63, 3.8) is 0 Å². The number of carbonyl (C=O) groups is 1. The van der Waals surface area contributed by atoms with Crippen LogP contribution >= 0.6 is 11.6 Å². The first-order valence-corrected chi connectivity index (χ1v) is 9.97. The predicted molar refractivity (Wildman–Crippen MR) is 99.7 cm³/mol. The molecule has 2 rings (SSSR count). The topological polar surface area (TPSA) is 72.9 Å². The minimum absolute atomic E-state index is 0.201. The van der Waals surface area contributed by atoms with Crippen LogP contribution in [0.1, 0.15) is 22.8 Å². The van der Waals surface area contributed by atoms with E-state index in [2.05, 4.69) is 0 Å². The summed E-state index contributed by atoms with van der Waals surface area (Å²) in [5.74, 6) is 0.0131. The summed E-state index contributed by atoms with van der Waals surface area (Å²) in [5, 5.41) is 0.550. The van der Waals surface area contributed by atoms with Crippen molar-refractivity contribution in [2.75, 3.05) is 13.4 Å². The van der Waals surface area contributed by atoms with Crippen molar-refractivity contribution >= 4 is 27.6 Å². The third-order valence-corrected chi connectivity index (χ3v) is 4.40. The Morgan fingerprint density at radius 3 is 2.19 bits per heavy atom. The van der Waals surface area contributed by atoms with Gasteiger partial charge in [0.25, 0.3) is 5.91 Å². The van der Waals surface area contributed by atoms with E-state index in [9.17, 15) is 13.2 Å². The second-order valence-corrected chi connectivity index (χ2v) is 7.72. The van der Waals surface area contributed by atoms with Gasteiger partial charge in [0.2, 0.25) is 0 Å². The fourth-order valence-corrected chi connectivity index (χ4v) is 2.86. The molecule has 0 saturated carbocycles. The SMILES string of the molecule is COC(C)N(Cc1ccc(OS(C)(=O)=O)cc1)C(=O)c1ccc(Cl)cc1. The zero-order valence-electron chi connectivity index (χ0n) is 14.7. The van der Waals surface area contributed by atoms with Crippen molar-refractivity contribution in [3.8, 4) is 5.75 Å². The van der Waals surface area contributed by atoms with Gasteiger partial charge in [0.15, 0.2) is 0 Å². The molecule has 0 bridgehead atoms. The second-order valence-electron chi connectivity index (χ2n) is 5.71. The van der Waals surface area contributed by atoms with Gasteiger partial charge in [-0.15, -0.1) is 0 Å². The molecule has 2 aromatic carbocycles. The second kappa shape index (κ2) is 8.53. The lowest BCUT2D eigenvalue weighted by atomic mass is 10.1. The molecule has 6 nitrogen and oxygen atoms in total. The molecule has 26 heavy (non-hydrogen) atoms. The van der Waals surface area contributed by atoms with E-state index in [1.165, 1.54) is 7.11 Å². The van der Waals surface area contributed by atoms with Crippen molar-refractivity contribution in [2.45, 2.75) is 19.7 Å². The summed E-state index contributed by atoms with van der Waals surface area (Å²) in [6.45, 7) is 2.06. The molecule has 0 heterocycles. The molecule has 1 atom stereocenters. The molecule has 0 aliphatic carbocycles. The zero-order valence-corrected chi connectivity index (χ0v) is 16.3. The summed E-state index contributed by atoms with van der Waals surface area (Å²) in [4.78, 5) is 14.4. The number of hydrogen-bond donors (Lipinski definition) is 0. The third kappa shape index (κ3) is 5.72. The Morgan fingerprint density at radius 1 is 1.12 bits per heavy atom. The van der Waals surface area contributed by atoms with E-state index in [1.807, 2.05) is 0 Å². The summed E-state index contributed by atoms with van der Waals surface area (Å²) in [5.41, 5.74) is 1.30. The normalized spacial score (nSPS) is 12.5. The average molecular weight is 398 g/mol. The van der Waals surface area contributed by atoms with Crippen molar-refractivity contribution in [1.82, 2.24) is 4.90 Å². The van der Waals surface area contributed by atoms with Gasteiger partial charge in [-0.25, -0.2) is 0 Å². The van der Waals surface area contributed by atoms with E-state index in [0.717, 1.165) is 11.8 Å². The van der Waals surface area contributed by atoms with Gasteiger partial charge < -0.3 is 13.8 Å². The van der Waals surface area contributed by atoms with Crippen LogP contribution in [0.4, 0.5) is 0 Å². The Hall–Kier alpha value is -2.09. The Morgan fingerprint density at radius 2 is 1.69 bits per heavy atom. The minimum Gasteiger partial charge on any atom is -0.383 e. The highest BCUT2D eigenvalue weighted by Gasteiger charge is 2.21. The van der Waals surface area contributed by atoms with Crippen LogP contribution in [0.15, 0.2) is 48.5 Å². The summed E-state index contributed by atoms with van der Waals surface area (Å²) >= 11 is 5.87. The summed E-state index contributed by atoms with van der Waals surface area (Å²) < 4.78 is 32.4. The molecule has 140 valence electrons. The molecule has 1 amide bonds. The highest BCUT2D eigenvalue weighted by Crippen LogP contribution is 2.19. The Labute approximate surface area is 158 Å². The van der Waals surface area contributed by atoms with E-state index in [0.29, 0.717) is 10.6 Å². The van der Waals surface area contributed by atoms with Gasteiger partial charge >= 0.3 is 10.1 Å². The van der Waals surface area contributed by atoms with Crippen molar-refractivity contribution in [2.24, 2.45) is 0 Å². The quantitative estimate of drug-likeness (QED) is 0.529. The molecule has 0 N–H and O–H groups in total. The number of hydrogen-bond acceptors (Lipinski definition) is 5. The number of benzene rings is 2. The number of carbonyl (C=O) groups excluding carboxylic acids is 1. The zero-order chi connectivity index (χ0) is 19.3. The van der Waals surface area contributed by atoms with E-state index in [4.69, 9.17) is 20.5 Å². The Bertz CT molecular complexity index is 850. The molecule has 0 aromatic heterocycles. The Balaban J connectivity index is 2.20. The third-order valence-electron chi connectivity index (χ3n) is 3.66. The molecular weight excluding hydrogens is 378 g/mol. The standard InChI is InChI=1S/C18H20ClNO5S/c1-13(24-2)20(18(21)15-6-8-16(19)9-7-15)12-14-4-10-17(11-5-14)25-26(3,22)23/h4-11,13H,12H2,1-3H3. The number of ether oxygens (including phenoxy) is 1. The fourth-order valence-electron chi connectivity index (χ4n) is 2.27. The summed E-state index contributed by atoms with van der Waals surface area (Å²) in [7, 11) is -2.06. The van der Waals surface area contributed by atoms with Crippen molar-refractivity contribution < 1.29 is 22.1 Å². The van der Waals surface area contributed by atoms with Crippen LogP contribution < -0.4 is 4.18 Å². The molecule has 0 aliphatic heterocycles. The van der Waals surface area contributed by atoms with Crippen LogP contribution in [-0.2, 0) is 21.4 Å². The van der Waals surface area contributed by atoms with Gasteiger partial charge in [-0.1, -0.05) is 23.7 Å². The summed E-state index contributed by atoms with van der Waals surface area (Å²) in [6.07, 6.45) is 0.526. The van der Waals surface area contributed by atoms with E-state index in [1.54, 1.807) is 60.4 Å². The van der Waals surface area contributed by atoms with Crippen LogP contribution in [-0.4, -0.2) is 38.8 Å². The van der Waals surface area contributed by atoms with E-state index in [-0.39, 0.29) is 18.2 Å². The van der Waals surface area contributed by atoms with Crippen molar-refractivity contribution in [1.29, 1.82) is 0 Å². The molecule has 2 aromatic rings. The average Bonchev–Trinajstić information content (AvgIpc) is 2.59. The van der Waals surface area contributed by atoms with Gasteiger partial charge in [0, 0.05) is 24.2 Å². The molecule has 0 radical (unpaired) electrons. The van der Waals surface area contributed by atoms with Gasteiger partial charge in [-0.2, -0.15) is 8.42 Å². The number of rotatable bonds is 7. The molecule has 8 heteroatoms. The molecule has 0 saturated heterocycles. The monoisotopic (exact) mass is 397 g/mol. The maximum atomic E-state index is 12.8. The maximum absolute atomic E-state index is 12.8. The van der Waals surface area contributed by atoms with Crippen LogP contribution in [0.2, 0.25) is 5.02 Å². The van der Waals surface area contributed by atoms with Crippen LogP contribution in [0.5, 0.6) is 5.75 Å². The molecule has 0 fully saturated rings. The van der Waals surface area contributed by atoms with Gasteiger partial charge in [-0.3, -0.25) is 4.79 Å². The molecule has 1 unspecified atom stereocenters. The van der Waals surface area contributed by atoms with E-state index < -0.39 is 16.3 Å². The lowest BCUT2D eigenvalue weighted by Crippen LogP contribution is -2.39. The maximum Gasteiger partial charge on any atom is 0.306 e.